The zero-order valence-electron chi connectivity index (χ0n) is 24.2. The molecule has 2 aliphatic carbocycles. The van der Waals surface area contributed by atoms with Crippen molar-refractivity contribution in [3.8, 4) is 0 Å². The number of phosphoric ester groups is 2. The smallest absolute Gasteiger partial charge is 0.396 e. The molecule has 11 atom stereocenters. The van der Waals surface area contributed by atoms with Crippen LogP contribution in [0.2, 0.25) is 0 Å². The number of rotatable bonds is 3. The van der Waals surface area contributed by atoms with Gasteiger partial charge in [-0.15, -0.1) is 0 Å². The van der Waals surface area contributed by atoms with E-state index in [1.54, 1.807) is 11.5 Å². The molecule has 6 heterocycles. The van der Waals surface area contributed by atoms with Crippen LogP contribution in [0.3, 0.4) is 0 Å². The molecule has 2 saturated carbocycles. The number of nitrogen functional groups attached to an aromatic ring is 1. The van der Waals surface area contributed by atoms with E-state index in [0.29, 0.717) is 5.65 Å². The van der Waals surface area contributed by atoms with E-state index in [1.165, 1.54) is 12.7 Å². The van der Waals surface area contributed by atoms with Crippen LogP contribution in [0.4, 0.5) is 5.82 Å². The maximum absolute atomic E-state index is 13.6. The third-order valence-electron chi connectivity index (χ3n) is 9.40. The van der Waals surface area contributed by atoms with Gasteiger partial charge in [-0.1, -0.05) is 0 Å². The number of fused-ring (bicyclic) bond motifs is 4. The maximum atomic E-state index is 13.6. The molecule has 0 amide bonds. The predicted octanol–water partition coefficient (Wildman–Crippen LogP) is 0.0984. The third kappa shape index (κ3) is 5.00. The Kier molecular flexibility index (Phi) is 7.28. The summed E-state index contributed by atoms with van der Waals surface area (Å²) in [4.78, 5) is 54.0. The minimum atomic E-state index is -4.97. The van der Waals surface area contributed by atoms with Crippen LogP contribution >= 0.6 is 27.2 Å². The van der Waals surface area contributed by atoms with Crippen LogP contribution in [0.5, 0.6) is 0 Å². The van der Waals surface area contributed by atoms with E-state index in [-0.39, 0.29) is 39.5 Å². The molecule has 2 saturated heterocycles. The second-order valence-corrected chi connectivity index (χ2v) is 15.7. The van der Waals surface area contributed by atoms with Crippen molar-refractivity contribution in [1.29, 1.82) is 0 Å². The van der Waals surface area contributed by atoms with E-state index < -0.39 is 94.8 Å². The van der Waals surface area contributed by atoms with Gasteiger partial charge in [0.15, 0.2) is 17.0 Å². The minimum absolute atomic E-state index is 0.00313. The van der Waals surface area contributed by atoms with Crippen LogP contribution in [0.25, 0.3) is 22.2 Å². The van der Waals surface area contributed by atoms with Gasteiger partial charge in [-0.2, -0.15) is 4.37 Å². The highest BCUT2D eigenvalue weighted by Crippen LogP contribution is 2.72. The lowest BCUT2D eigenvalue weighted by atomic mass is 9.96. The minimum Gasteiger partial charge on any atom is -0.396 e. The molecule has 0 aromatic carbocycles. The largest absolute Gasteiger partial charge is 0.472 e. The van der Waals surface area contributed by atoms with Crippen LogP contribution in [0, 0.1) is 24.2 Å². The number of aromatic amines is 1. The third-order valence-corrected chi connectivity index (χ3v) is 12.2. The van der Waals surface area contributed by atoms with Gasteiger partial charge in [0, 0.05) is 11.3 Å². The molecule has 7 N–H and O–H groups in total. The number of nitrogens with one attached hydrogen (secondary N) is 1. The van der Waals surface area contributed by atoms with Gasteiger partial charge in [0.25, 0.3) is 5.56 Å². The molecule has 4 aliphatic rings. The number of H-pyrrole nitrogens is 1. The Morgan fingerprint density at radius 1 is 1.15 bits per heavy atom. The molecule has 8 rings (SSSR count). The van der Waals surface area contributed by atoms with E-state index in [4.69, 9.17) is 28.6 Å². The van der Waals surface area contributed by atoms with E-state index in [9.17, 15) is 33.9 Å². The van der Waals surface area contributed by atoms with E-state index in [1.807, 2.05) is 0 Å². The summed E-state index contributed by atoms with van der Waals surface area (Å²) in [5.41, 5.74) is 4.95. The number of aryl methyl sites for hydroxylation is 1. The average Bonchev–Trinajstić information content (AvgIpc) is 3.30. The summed E-state index contributed by atoms with van der Waals surface area (Å²) in [5, 5.41) is 21.9. The van der Waals surface area contributed by atoms with Crippen LogP contribution in [0.1, 0.15) is 29.3 Å². The van der Waals surface area contributed by atoms with Gasteiger partial charge >= 0.3 is 15.6 Å². The molecular weight excluding hydrogens is 686 g/mol. The van der Waals surface area contributed by atoms with Gasteiger partial charge in [0.05, 0.1) is 43.2 Å². The van der Waals surface area contributed by atoms with E-state index >= 15 is 0 Å². The van der Waals surface area contributed by atoms with Crippen molar-refractivity contribution in [2.24, 2.45) is 17.3 Å². The Bertz CT molecular complexity index is 2060. The standard InChI is InChI=1S/C24H28N8O12P2S/c1-8-29-12-13(23(35)30-8)31-47-19(12)18-17-9(3-33)11(42-18)4-40-45(36,37)44-20-16(34)15(10-2-24(10,20)5-41-46(38,39)43-17)32-7-28-14-21(25)26-6-27-22(14)32/h6-7,9-11,15-18,20,33-34H,2-5H2,1H3,(H,36,37)(H,38,39)(H2,25,26,27)(H,29,30,35)/t9-,10-,11-,15-,16+,17-,18-,20+,24+/m1/s1. The van der Waals surface area contributed by atoms with Crippen molar-refractivity contribution in [3.05, 3.63) is 33.7 Å². The summed E-state index contributed by atoms with van der Waals surface area (Å²) < 4.78 is 61.0. The molecular formula is C24H28N8O12P2S. The Morgan fingerprint density at radius 3 is 2.72 bits per heavy atom. The SMILES string of the molecule is Cc1nc2c([C@@H]3O[C@@H]4COP(=O)(O)O[C@H]5[C@@H](O)[C@H](n6cnc7c(N)ncnc76)[C@H]6C[C@]65COP(=O)(O)O[C@@H]3[C@@H]4CO)snc2c(=O)[nH]1. The molecule has 23 heteroatoms. The molecule has 0 radical (unpaired) electrons. The Morgan fingerprint density at radius 2 is 1.94 bits per heavy atom. The van der Waals surface area contributed by atoms with E-state index in [0.717, 1.165) is 11.5 Å². The van der Waals surface area contributed by atoms with Gasteiger partial charge in [-0.3, -0.25) is 22.9 Å². The molecule has 20 nitrogen and oxygen atoms in total. The van der Waals surface area contributed by atoms with Crippen molar-refractivity contribution in [2.45, 2.75) is 49.9 Å². The van der Waals surface area contributed by atoms with E-state index in [2.05, 4.69) is 29.3 Å². The summed E-state index contributed by atoms with van der Waals surface area (Å²) >= 11 is 0.846. The molecule has 47 heavy (non-hydrogen) atoms. The Hall–Kier alpha value is -2.78. The quantitative estimate of drug-likeness (QED) is 0.153. The first kappa shape index (κ1) is 31.5. The molecule has 2 unspecified atom stereocenters. The lowest BCUT2D eigenvalue weighted by Crippen LogP contribution is -2.38. The summed E-state index contributed by atoms with van der Waals surface area (Å²) in [6.45, 7) is -0.246. The summed E-state index contributed by atoms with van der Waals surface area (Å²) in [6.07, 6.45) is -3.72. The van der Waals surface area contributed by atoms with Crippen molar-refractivity contribution < 1.29 is 52.0 Å². The molecule has 4 fully saturated rings. The molecule has 4 aromatic rings. The molecule has 252 valence electrons. The van der Waals surface area contributed by atoms with Gasteiger partial charge in [0.1, 0.15) is 47.6 Å². The number of nitrogens with zero attached hydrogens (tertiary/aromatic N) is 6. The highest BCUT2D eigenvalue weighted by atomic mass is 32.1. The number of hydrogen-bond donors (Lipinski definition) is 6. The zero-order valence-corrected chi connectivity index (χ0v) is 26.8. The number of aliphatic hydroxyl groups excluding tert-OH is 2. The van der Waals surface area contributed by atoms with Gasteiger partial charge in [0.2, 0.25) is 0 Å². The van der Waals surface area contributed by atoms with Gasteiger partial charge in [-0.25, -0.2) is 29.1 Å². The topological polar surface area (TPSA) is 289 Å². The number of phosphoric acid groups is 2. The summed E-state index contributed by atoms with van der Waals surface area (Å²) in [6, 6.07) is -0.809. The summed E-state index contributed by atoms with van der Waals surface area (Å²) in [7, 11) is -9.93. The lowest BCUT2D eigenvalue weighted by Gasteiger charge is -2.30. The molecule has 4 aromatic heterocycles. The highest BCUT2D eigenvalue weighted by molar-refractivity contribution is 7.47. The second kappa shape index (κ2) is 10.9. The fourth-order valence-electron chi connectivity index (χ4n) is 7.18. The second-order valence-electron chi connectivity index (χ2n) is 12.0. The Labute approximate surface area is 267 Å². The van der Waals surface area contributed by atoms with Gasteiger partial charge in [-0.05, 0) is 30.8 Å². The summed E-state index contributed by atoms with van der Waals surface area (Å²) in [5.74, 6) is -1.18. The first-order chi connectivity index (χ1) is 22.3. The number of aromatic nitrogens is 7. The fourth-order valence-corrected chi connectivity index (χ4v) is 10.1. The number of anilines is 1. The maximum Gasteiger partial charge on any atom is 0.472 e. The highest BCUT2D eigenvalue weighted by Gasteiger charge is 2.74. The van der Waals surface area contributed by atoms with Crippen LogP contribution < -0.4 is 11.3 Å². The first-order valence-electron chi connectivity index (χ1n) is 14.4. The number of ether oxygens (including phenoxy) is 1. The van der Waals surface area contributed by atoms with Gasteiger partial charge < -0.3 is 40.0 Å². The van der Waals surface area contributed by atoms with Crippen LogP contribution in [0.15, 0.2) is 17.4 Å². The first-order valence-corrected chi connectivity index (χ1v) is 18.1. The van der Waals surface area contributed by atoms with Crippen LogP contribution in [-0.2, 0) is 32.0 Å². The molecule has 2 bridgehead atoms. The average molecular weight is 715 g/mol. The number of imidazole rings is 1. The molecule has 1 spiro atoms. The molecule has 2 aliphatic heterocycles. The fraction of sp³-hybridized carbons (Fsp3) is 0.583. The Balaban J connectivity index is 1.15. The zero-order chi connectivity index (χ0) is 33.0. The number of nitrogens with two attached hydrogens (primary N) is 1. The van der Waals surface area contributed by atoms with Crippen LogP contribution in [-0.4, -0.2) is 98.1 Å². The lowest BCUT2D eigenvalue weighted by molar-refractivity contribution is -0.0502. The predicted molar refractivity (Wildman–Crippen MR) is 158 cm³/mol. The van der Waals surface area contributed by atoms with Crippen molar-refractivity contribution in [2.75, 3.05) is 25.6 Å². The number of aliphatic hydroxyl groups is 2. The van der Waals surface area contributed by atoms with Crippen molar-refractivity contribution in [1.82, 2.24) is 33.9 Å². The number of hydrogen-bond acceptors (Lipinski definition) is 17. The van der Waals surface area contributed by atoms with Crippen molar-refractivity contribution in [3.63, 3.8) is 0 Å². The van der Waals surface area contributed by atoms with Crippen molar-refractivity contribution >= 4 is 55.2 Å². The normalized spacial score (nSPS) is 40.4. The monoisotopic (exact) mass is 714 g/mol.